The zero-order valence-corrected chi connectivity index (χ0v) is 19.9. The van der Waals surface area contributed by atoms with Gasteiger partial charge in [-0.15, -0.1) is 0 Å². The highest BCUT2D eigenvalue weighted by atomic mass is 16.6. The maximum Gasteiger partial charge on any atom is 0.410 e. The summed E-state index contributed by atoms with van der Waals surface area (Å²) in [5.74, 6) is 0. The topological polar surface area (TPSA) is 76.8 Å². The van der Waals surface area contributed by atoms with Crippen LogP contribution in [0.2, 0.25) is 0 Å². The molecule has 3 rings (SSSR count). The first kappa shape index (κ1) is 23.8. The van der Waals surface area contributed by atoms with Crippen LogP contribution < -0.4 is 11.2 Å². The molecular weight excluding hydrogens is 408 g/mol. The van der Waals surface area contributed by atoms with Crippen LogP contribution in [0.5, 0.6) is 0 Å². The number of hydrogen-bond acceptors (Lipinski definition) is 5. The lowest BCUT2D eigenvalue weighted by molar-refractivity contribution is 0.00165. The SMILES string of the molecule is CCc1ccc([C@H]2CN(C(=O)OC(C)(C)C)CCN2Cc2cc(=O)n(C)c(=O)n2C)cc1. The van der Waals surface area contributed by atoms with Crippen LogP contribution >= 0.6 is 0 Å². The molecule has 0 bridgehead atoms. The average Bonchev–Trinajstić information content (AvgIpc) is 2.75. The lowest BCUT2D eigenvalue weighted by atomic mass is 10.00. The number of aryl methyl sites for hydroxylation is 1. The molecule has 0 radical (unpaired) electrons. The molecule has 8 heteroatoms. The highest BCUT2D eigenvalue weighted by Gasteiger charge is 2.33. The van der Waals surface area contributed by atoms with Crippen LogP contribution in [0.15, 0.2) is 39.9 Å². The number of hydrogen-bond donors (Lipinski definition) is 0. The van der Waals surface area contributed by atoms with Gasteiger partial charge < -0.3 is 9.64 Å². The third-order valence-corrected chi connectivity index (χ3v) is 5.91. The smallest absolute Gasteiger partial charge is 0.410 e. The Labute approximate surface area is 189 Å². The summed E-state index contributed by atoms with van der Waals surface area (Å²) in [5.41, 5.74) is 1.76. The third-order valence-electron chi connectivity index (χ3n) is 5.91. The second kappa shape index (κ2) is 9.32. The zero-order valence-electron chi connectivity index (χ0n) is 19.9. The minimum atomic E-state index is -0.561. The Kier molecular flexibility index (Phi) is 6.93. The van der Waals surface area contributed by atoms with Crippen LogP contribution in [0.3, 0.4) is 0 Å². The van der Waals surface area contributed by atoms with Crippen molar-refractivity contribution in [2.24, 2.45) is 14.1 Å². The molecule has 1 fully saturated rings. The van der Waals surface area contributed by atoms with E-state index < -0.39 is 5.60 Å². The minimum absolute atomic E-state index is 0.0821. The van der Waals surface area contributed by atoms with Gasteiger partial charge in [0.2, 0.25) is 0 Å². The molecular formula is C24H34N4O4. The average molecular weight is 443 g/mol. The number of nitrogens with zero attached hydrogens (tertiary/aromatic N) is 4. The van der Waals surface area contributed by atoms with Gasteiger partial charge in [-0.3, -0.25) is 18.8 Å². The number of aromatic nitrogens is 2. The molecule has 0 N–H and O–H groups in total. The van der Waals surface area contributed by atoms with Gasteiger partial charge in [-0.05, 0) is 38.3 Å². The Balaban J connectivity index is 1.91. The highest BCUT2D eigenvalue weighted by Crippen LogP contribution is 2.28. The van der Waals surface area contributed by atoms with Crippen molar-refractivity contribution in [2.45, 2.75) is 52.3 Å². The van der Waals surface area contributed by atoms with E-state index in [1.54, 1.807) is 11.9 Å². The molecule has 1 amide bonds. The molecule has 1 atom stereocenters. The molecule has 0 saturated carbocycles. The normalized spacial score (nSPS) is 17.4. The fraction of sp³-hybridized carbons (Fsp3) is 0.542. The van der Waals surface area contributed by atoms with E-state index in [0.29, 0.717) is 31.9 Å². The molecule has 0 aliphatic carbocycles. The summed E-state index contributed by atoms with van der Waals surface area (Å²) < 4.78 is 8.21. The van der Waals surface area contributed by atoms with Crippen LogP contribution in [0.4, 0.5) is 4.79 Å². The predicted octanol–water partition coefficient (Wildman–Crippen LogP) is 2.44. The Morgan fingerprint density at radius 3 is 2.31 bits per heavy atom. The van der Waals surface area contributed by atoms with Crippen LogP contribution in [-0.2, 0) is 31.8 Å². The first-order valence-electron chi connectivity index (χ1n) is 11.1. The second-order valence-electron chi connectivity index (χ2n) is 9.38. The first-order valence-corrected chi connectivity index (χ1v) is 11.1. The van der Waals surface area contributed by atoms with E-state index in [0.717, 1.165) is 16.6 Å². The Bertz CT molecular complexity index is 1080. The molecule has 2 aromatic rings. The summed E-state index contributed by atoms with van der Waals surface area (Å²) in [4.78, 5) is 41.3. The molecule has 1 saturated heterocycles. The molecule has 2 heterocycles. The molecule has 174 valence electrons. The maximum absolute atomic E-state index is 12.7. The summed E-state index contributed by atoms with van der Waals surface area (Å²) in [7, 11) is 3.16. The minimum Gasteiger partial charge on any atom is -0.444 e. The number of rotatable bonds is 4. The van der Waals surface area contributed by atoms with Gasteiger partial charge in [0.15, 0.2) is 0 Å². The Morgan fingerprint density at radius 2 is 1.72 bits per heavy atom. The zero-order chi connectivity index (χ0) is 23.6. The third kappa shape index (κ3) is 5.30. The fourth-order valence-electron chi connectivity index (χ4n) is 3.93. The lowest BCUT2D eigenvalue weighted by Crippen LogP contribution is -2.51. The van der Waals surface area contributed by atoms with Gasteiger partial charge in [-0.1, -0.05) is 31.2 Å². The molecule has 1 aromatic heterocycles. The number of amides is 1. The van der Waals surface area contributed by atoms with E-state index in [1.807, 2.05) is 20.8 Å². The van der Waals surface area contributed by atoms with Crippen molar-refractivity contribution in [3.8, 4) is 0 Å². The van der Waals surface area contributed by atoms with Crippen LogP contribution in [0.25, 0.3) is 0 Å². The molecule has 1 aliphatic rings. The van der Waals surface area contributed by atoms with Crippen LogP contribution in [0, 0.1) is 0 Å². The molecule has 0 spiro atoms. The van der Waals surface area contributed by atoms with Gasteiger partial charge in [0.05, 0.1) is 6.04 Å². The predicted molar refractivity (Wildman–Crippen MR) is 124 cm³/mol. The van der Waals surface area contributed by atoms with Gasteiger partial charge >= 0.3 is 11.8 Å². The fourth-order valence-corrected chi connectivity index (χ4v) is 3.93. The Hall–Kier alpha value is -2.87. The molecule has 32 heavy (non-hydrogen) atoms. The van der Waals surface area contributed by atoms with Crippen molar-refractivity contribution in [1.82, 2.24) is 18.9 Å². The number of piperazine rings is 1. The van der Waals surface area contributed by atoms with E-state index in [9.17, 15) is 14.4 Å². The number of ether oxygens (including phenoxy) is 1. The van der Waals surface area contributed by atoms with Crippen molar-refractivity contribution >= 4 is 6.09 Å². The summed E-state index contributed by atoms with van der Waals surface area (Å²) in [5, 5.41) is 0. The number of benzene rings is 1. The summed E-state index contributed by atoms with van der Waals surface area (Å²) in [6, 6.07) is 9.83. The number of carbonyl (C=O) groups is 1. The quantitative estimate of drug-likeness (QED) is 0.727. The molecule has 1 aromatic carbocycles. The van der Waals surface area contributed by atoms with Gasteiger partial charge in [0, 0.05) is 52.0 Å². The molecule has 1 aliphatic heterocycles. The molecule has 0 unspecified atom stereocenters. The van der Waals surface area contributed by atoms with Crippen molar-refractivity contribution in [3.63, 3.8) is 0 Å². The van der Waals surface area contributed by atoms with Crippen molar-refractivity contribution in [1.29, 1.82) is 0 Å². The van der Waals surface area contributed by atoms with Gasteiger partial charge in [0.1, 0.15) is 5.60 Å². The maximum atomic E-state index is 12.7. The summed E-state index contributed by atoms with van der Waals surface area (Å²) in [6.45, 7) is 9.71. The van der Waals surface area contributed by atoms with Gasteiger partial charge in [0.25, 0.3) is 5.56 Å². The second-order valence-corrected chi connectivity index (χ2v) is 9.38. The van der Waals surface area contributed by atoms with Crippen LogP contribution in [0.1, 0.15) is 50.6 Å². The van der Waals surface area contributed by atoms with Crippen molar-refractivity contribution < 1.29 is 9.53 Å². The van der Waals surface area contributed by atoms with E-state index in [4.69, 9.17) is 4.74 Å². The monoisotopic (exact) mass is 442 g/mol. The van der Waals surface area contributed by atoms with Crippen molar-refractivity contribution in [2.75, 3.05) is 19.6 Å². The van der Waals surface area contributed by atoms with E-state index in [-0.39, 0.29) is 23.4 Å². The lowest BCUT2D eigenvalue weighted by Gasteiger charge is -2.42. The Morgan fingerprint density at radius 1 is 1.06 bits per heavy atom. The van der Waals surface area contributed by atoms with Gasteiger partial charge in [-0.2, -0.15) is 0 Å². The van der Waals surface area contributed by atoms with Crippen molar-refractivity contribution in [3.05, 3.63) is 68.0 Å². The number of carbonyl (C=O) groups excluding carboxylic acids is 1. The van der Waals surface area contributed by atoms with E-state index in [1.165, 1.54) is 23.2 Å². The molecule has 8 nitrogen and oxygen atoms in total. The van der Waals surface area contributed by atoms with Gasteiger partial charge in [-0.25, -0.2) is 9.59 Å². The summed E-state index contributed by atoms with van der Waals surface area (Å²) >= 11 is 0. The largest absolute Gasteiger partial charge is 0.444 e. The standard InChI is InChI=1S/C24H34N4O4/c1-7-17-8-10-18(11-9-17)20-16-28(23(31)32-24(2,3)4)13-12-27(20)15-19-14-21(29)26(6)22(30)25(19)5/h8-11,14,20H,7,12-13,15-16H2,1-6H3/t20-/m1/s1. The summed E-state index contributed by atoms with van der Waals surface area (Å²) in [6.07, 6.45) is 0.627. The first-order chi connectivity index (χ1) is 15.0. The highest BCUT2D eigenvalue weighted by molar-refractivity contribution is 5.68. The van der Waals surface area contributed by atoms with E-state index >= 15 is 0 Å². The van der Waals surface area contributed by atoms with Crippen LogP contribution in [-0.4, -0.2) is 50.3 Å². The van der Waals surface area contributed by atoms with E-state index in [2.05, 4.69) is 36.1 Å².